The van der Waals surface area contributed by atoms with Gasteiger partial charge in [0.05, 0.1) is 31.0 Å². The zero-order valence-electron chi connectivity index (χ0n) is 15.2. The molecule has 0 aliphatic carbocycles. The number of amides is 1. The Bertz CT molecular complexity index is 942. The Kier molecular flexibility index (Phi) is 4.97. The molecule has 2 heterocycles. The van der Waals surface area contributed by atoms with Crippen LogP contribution in [0.5, 0.6) is 0 Å². The van der Waals surface area contributed by atoms with Gasteiger partial charge in [-0.2, -0.15) is 0 Å². The maximum atomic E-state index is 14.5. The highest BCUT2D eigenvalue weighted by Crippen LogP contribution is 2.32. The SMILES string of the molecule is CN(CC1OCCO1)c1ccc(N/C=C2/C(=O)Nc3ccc(F)cc32)cc1F. The summed E-state index contributed by atoms with van der Waals surface area (Å²) in [6.07, 6.45) is 1.08. The van der Waals surface area contributed by atoms with E-state index in [2.05, 4.69) is 10.6 Å². The van der Waals surface area contributed by atoms with Gasteiger partial charge in [-0.15, -0.1) is 0 Å². The highest BCUT2D eigenvalue weighted by Gasteiger charge is 2.24. The van der Waals surface area contributed by atoms with Crippen LogP contribution in [0.2, 0.25) is 0 Å². The first-order valence-corrected chi connectivity index (χ1v) is 8.83. The number of fused-ring (bicyclic) bond motifs is 1. The van der Waals surface area contributed by atoms with E-state index in [4.69, 9.17) is 9.47 Å². The number of likely N-dealkylation sites (N-methyl/N-ethyl adjacent to an activating group) is 1. The summed E-state index contributed by atoms with van der Waals surface area (Å²) < 4.78 is 38.8. The van der Waals surface area contributed by atoms with Crippen LogP contribution in [0.15, 0.2) is 42.6 Å². The molecule has 0 unspecified atom stereocenters. The average molecular weight is 387 g/mol. The lowest BCUT2D eigenvalue weighted by atomic mass is 10.1. The Hall–Kier alpha value is -2.97. The number of carbonyl (C=O) groups excluding carboxylic acids is 1. The molecule has 1 amide bonds. The number of benzene rings is 2. The van der Waals surface area contributed by atoms with Crippen LogP contribution in [0.4, 0.5) is 25.8 Å². The third-order valence-corrected chi connectivity index (χ3v) is 4.62. The van der Waals surface area contributed by atoms with E-state index in [0.29, 0.717) is 42.4 Å². The standard InChI is InChI=1S/C20H19F2N3O3/c1-25(11-19-27-6-7-28-19)18-5-3-13(9-16(18)22)23-10-15-14-8-12(21)2-4-17(14)24-20(15)26/h2-5,8-10,19,23H,6-7,11H2,1H3,(H,24,26)/b15-10+. The molecule has 1 fully saturated rings. The first kappa shape index (κ1) is 18.4. The molecule has 2 aliphatic rings. The molecule has 6 nitrogen and oxygen atoms in total. The fourth-order valence-electron chi connectivity index (χ4n) is 3.20. The van der Waals surface area contributed by atoms with Crippen LogP contribution in [0.25, 0.3) is 5.57 Å². The fraction of sp³-hybridized carbons (Fsp3) is 0.250. The van der Waals surface area contributed by atoms with Crippen LogP contribution in [-0.2, 0) is 14.3 Å². The maximum absolute atomic E-state index is 14.5. The molecule has 2 N–H and O–H groups in total. The van der Waals surface area contributed by atoms with Gasteiger partial charge in [0.25, 0.3) is 5.91 Å². The number of halogens is 2. The molecule has 2 aromatic carbocycles. The number of hydrogen-bond acceptors (Lipinski definition) is 5. The summed E-state index contributed by atoms with van der Waals surface area (Å²) in [4.78, 5) is 13.8. The van der Waals surface area contributed by atoms with Crippen LogP contribution >= 0.6 is 0 Å². The van der Waals surface area contributed by atoms with Crippen LogP contribution in [0.3, 0.4) is 0 Å². The molecular formula is C20H19F2N3O3. The number of nitrogens with zero attached hydrogens (tertiary/aromatic N) is 1. The largest absolute Gasteiger partial charge is 0.367 e. The van der Waals surface area contributed by atoms with E-state index in [-0.39, 0.29) is 17.8 Å². The Balaban J connectivity index is 1.49. The van der Waals surface area contributed by atoms with Crippen molar-refractivity contribution in [3.63, 3.8) is 0 Å². The van der Waals surface area contributed by atoms with E-state index in [1.165, 1.54) is 30.5 Å². The van der Waals surface area contributed by atoms with Crippen molar-refractivity contribution in [2.45, 2.75) is 6.29 Å². The zero-order valence-corrected chi connectivity index (χ0v) is 15.2. The quantitative estimate of drug-likeness (QED) is 0.772. The lowest BCUT2D eigenvalue weighted by molar-refractivity contribution is -0.110. The van der Waals surface area contributed by atoms with Crippen molar-refractivity contribution >= 4 is 28.5 Å². The summed E-state index contributed by atoms with van der Waals surface area (Å²) in [5, 5.41) is 5.57. The van der Waals surface area contributed by atoms with Gasteiger partial charge >= 0.3 is 0 Å². The predicted octanol–water partition coefficient (Wildman–Crippen LogP) is 3.18. The third kappa shape index (κ3) is 3.69. The molecule has 0 spiro atoms. The van der Waals surface area contributed by atoms with Crippen molar-refractivity contribution in [1.82, 2.24) is 0 Å². The Morgan fingerprint density at radius 2 is 2.00 bits per heavy atom. The van der Waals surface area contributed by atoms with Crippen molar-refractivity contribution in [2.75, 3.05) is 42.3 Å². The third-order valence-electron chi connectivity index (χ3n) is 4.62. The summed E-state index contributed by atoms with van der Waals surface area (Å²) >= 11 is 0. The first-order chi connectivity index (χ1) is 13.5. The van der Waals surface area contributed by atoms with E-state index in [1.807, 2.05) is 0 Å². The van der Waals surface area contributed by atoms with Gasteiger partial charge in [-0.1, -0.05) is 0 Å². The predicted molar refractivity (Wildman–Crippen MR) is 102 cm³/mol. The van der Waals surface area contributed by atoms with E-state index >= 15 is 0 Å². The molecule has 0 atom stereocenters. The molecule has 4 rings (SSSR count). The highest BCUT2D eigenvalue weighted by atomic mass is 19.1. The minimum Gasteiger partial charge on any atom is -0.367 e. The molecule has 0 bridgehead atoms. The Labute approximate surface area is 160 Å². The molecule has 0 aromatic heterocycles. The summed E-state index contributed by atoms with van der Waals surface area (Å²) in [5.74, 6) is -1.21. The minimum atomic E-state index is -0.435. The monoisotopic (exact) mass is 387 g/mol. The Morgan fingerprint density at radius 1 is 1.21 bits per heavy atom. The average Bonchev–Trinajstić information content (AvgIpc) is 3.27. The number of ether oxygens (including phenoxy) is 2. The van der Waals surface area contributed by atoms with E-state index in [1.54, 1.807) is 24.1 Å². The minimum absolute atomic E-state index is 0.284. The topological polar surface area (TPSA) is 62.8 Å². The van der Waals surface area contributed by atoms with Crippen molar-refractivity contribution in [3.05, 3.63) is 59.8 Å². The second kappa shape index (κ2) is 7.57. The van der Waals surface area contributed by atoms with Crippen molar-refractivity contribution in [2.24, 2.45) is 0 Å². The van der Waals surface area contributed by atoms with Crippen molar-refractivity contribution in [1.29, 1.82) is 0 Å². The van der Waals surface area contributed by atoms with Crippen molar-refractivity contribution < 1.29 is 23.0 Å². The lowest BCUT2D eigenvalue weighted by Gasteiger charge is -2.23. The van der Waals surface area contributed by atoms with E-state index < -0.39 is 11.6 Å². The van der Waals surface area contributed by atoms with E-state index in [9.17, 15) is 13.6 Å². The Morgan fingerprint density at radius 3 is 2.75 bits per heavy atom. The fourth-order valence-corrected chi connectivity index (χ4v) is 3.20. The smallest absolute Gasteiger partial charge is 0.257 e. The lowest BCUT2D eigenvalue weighted by Crippen LogP contribution is -2.30. The number of rotatable bonds is 5. The molecule has 2 aromatic rings. The molecule has 2 aliphatic heterocycles. The second-order valence-corrected chi connectivity index (χ2v) is 6.56. The van der Waals surface area contributed by atoms with Crippen LogP contribution in [0, 0.1) is 11.6 Å². The molecule has 8 heteroatoms. The van der Waals surface area contributed by atoms with Gasteiger partial charge in [-0.25, -0.2) is 8.78 Å². The van der Waals surface area contributed by atoms with Gasteiger partial charge in [0.2, 0.25) is 0 Å². The van der Waals surface area contributed by atoms with Gasteiger partial charge in [0.15, 0.2) is 6.29 Å². The molecule has 0 radical (unpaired) electrons. The second-order valence-electron chi connectivity index (χ2n) is 6.56. The zero-order chi connectivity index (χ0) is 19.7. The summed E-state index contributed by atoms with van der Waals surface area (Å²) in [5.41, 5.74) is 2.16. The van der Waals surface area contributed by atoms with E-state index in [0.717, 1.165) is 0 Å². The number of carbonyl (C=O) groups is 1. The number of nitrogens with one attached hydrogen (secondary N) is 2. The summed E-state index contributed by atoms with van der Waals surface area (Å²) in [6.45, 7) is 1.49. The van der Waals surface area contributed by atoms with Crippen LogP contribution in [0.1, 0.15) is 5.56 Å². The molecule has 146 valence electrons. The molecule has 1 saturated heterocycles. The molecule has 0 saturated carbocycles. The first-order valence-electron chi connectivity index (χ1n) is 8.83. The van der Waals surface area contributed by atoms with Crippen molar-refractivity contribution in [3.8, 4) is 0 Å². The molecule has 28 heavy (non-hydrogen) atoms. The summed E-state index contributed by atoms with van der Waals surface area (Å²) in [7, 11) is 1.76. The maximum Gasteiger partial charge on any atom is 0.257 e. The normalized spacial score (nSPS) is 17.7. The van der Waals surface area contributed by atoms with Gasteiger partial charge < -0.3 is 25.0 Å². The number of hydrogen-bond donors (Lipinski definition) is 2. The van der Waals surface area contributed by atoms with Gasteiger partial charge in [-0.3, -0.25) is 4.79 Å². The highest BCUT2D eigenvalue weighted by molar-refractivity contribution is 6.31. The molecular weight excluding hydrogens is 368 g/mol. The van der Waals surface area contributed by atoms with Gasteiger partial charge in [-0.05, 0) is 36.4 Å². The number of anilines is 3. The summed E-state index contributed by atoms with van der Waals surface area (Å²) in [6, 6.07) is 8.73. The van der Waals surface area contributed by atoms with Crippen LogP contribution in [-0.4, -0.2) is 39.0 Å². The van der Waals surface area contributed by atoms with Crippen LogP contribution < -0.4 is 15.5 Å². The van der Waals surface area contributed by atoms with Gasteiger partial charge in [0.1, 0.15) is 11.6 Å². The van der Waals surface area contributed by atoms with Gasteiger partial charge in [0, 0.05) is 30.2 Å².